The van der Waals surface area contributed by atoms with Gasteiger partial charge in [-0.2, -0.15) is 5.10 Å². The van der Waals surface area contributed by atoms with Crippen LogP contribution in [0.5, 0.6) is 0 Å². The fourth-order valence-corrected chi connectivity index (χ4v) is 3.02. The van der Waals surface area contributed by atoms with Gasteiger partial charge in [0.2, 0.25) is 0 Å². The van der Waals surface area contributed by atoms with Gasteiger partial charge in [0.15, 0.2) is 0 Å². The van der Waals surface area contributed by atoms with Crippen molar-refractivity contribution < 1.29 is 4.39 Å². The van der Waals surface area contributed by atoms with E-state index in [1.807, 2.05) is 6.92 Å². The molecule has 0 saturated heterocycles. The van der Waals surface area contributed by atoms with Gasteiger partial charge in [-0.1, -0.05) is 11.6 Å². The predicted molar refractivity (Wildman–Crippen MR) is 73.3 cm³/mol. The van der Waals surface area contributed by atoms with E-state index in [-0.39, 0.29) is 5.82 Å². The molecule has 2 N–H and O–H groups in total. The number of benzene rings is 1. The maximum Gasteiger partial charge on any atom is 0.131 e. The fourth-order valence-electron chi connectivity index (χ4n) is 1.62. The molecule has 0 bridgehead atoms. The van der Waals surface area contributed by atoms with Crippen LogP contribution in [-0.4, -0.2) is 9.78 Å². The molecule has 18 heavy (non-hydrogen) atoms. The molecule has 6 heteroatoms. The van der Waals surface area contributed by atoms with E-state index in [9.17, 15) is 4.39 Å². The molecular weight excluding hydrogens is 273 g/mol. The Labute approximate surface area is 114 Å². The van der Waals surface area contributed by atoms with Crippen LogP contribution in [0.25, 0.3) is 0 Å². The van der Waals surface area contributed by atoms with Crippen LogP contribution < -0.4 is 5.73 Å². The summed E-state index contributed by atoms with van der Waals surface area (Å²) < 4.78 is 14.8. The Bertz CT molecular complexity index is 583. The molecule has 1 heterocycles. The highest BCUT2D eigenvalue weighted by molar-refractivity contribution is 7.98. The van der Waals surface area contributed by atoms with Gasteiger partial charge in [-0.05, 0) is 25.1 Å². The van der Waals surface area contributed by atoms with Gasteiger partial charge in [-0.15, -0.1) is 11.8 Å². The Balaban J connectivity index is 2.19. The number of aryl methyl sites for hydroxylation is 2. The largest absolute Gasteiger partial charge is 0.398 e. The van der Waals surface area contributed by atoms with Crippen molar-refractivity contribution >= 4 is 29.1 Å². The summed E-state index contributed by atoms with van der Waals surface area (Å²) in [5.41, 5.74) is 8.19. The number of nitrogens with zero attached hydrogens (tertiary/aromatic N) is 2. The summed E-state index contributed by atoms with van der Waals surface area (Å²) in [5, 5.41) is 4.84. The van der Waals surface area contributed by atoms with Crippen LogP contribution in [0.1, 0.15) is 11.3 Å². The number of nitrogen functional groups attached to an aromatic ring is 1. The summed E-state index contributed by atoms with van der Waals surface area (Å²) in [4.78, 5) is 0.717. The topological polar surface area (TPSA) is 43.8 Å². The first kappa shape index (κ1) is 13.2. The summed E-state index contributed by atoms with van der Waals surface area (Å²) in [6, 6.07) is 4.34. The summed E-state index contributed by atoms with van der Waals surface area (Å²) in [6.07, 6.45) is 0. The Morgan fingerprint density at radius 3 is 2.83 bits per heavy atom. The third-order valence-corrected chi connectivity index (χ3v) is 4.19. The Hall–Kier alpha value is -1.20. The first-order valence-electron chi connectivity index (χ1n) is 5.35. The maximum absolute atomic E-state index is 13.1. The van der Waals surface area contributed by atoms with Crippen molar-refractivity contribution in [2.75, 3.05) is 5.73 Å². The van der Waals surface area contributed by atoms with E-state index in [2.05, 4.69) is 5.10 Å². The van der Waals surface area contributed by atoms with E-state index >= 15 is 0 Å². The molecule has 2 rings (SSSR count). The molecule has 0 saturated carbocycles. The van der Waals surface area contributed by atoms with Crippen molar-refractivity contribution in [2.24, 2.45) is 7.05 Å². The Morgan fingerprint density at radius 1 is 1.50 bits per heavy atom. The number of rotatable bonds is 3. The molecule has 0 amide bonds. The molecule has 0 atom stereocenters. The average molecular weight is 286 g/mol. The maximum atomic E-state index is 13.1. The Morgan fingerprint density at radius 2 is 2.22 bits per heavy atom. The first-order chi connectivity index (χ1) is 8.49. The molecule has 0 unspecified atom stereocenters. The van der Waals surface area contributed by atoms with E-state index in [4.69, 9.17) is 17.3 Å². The van der Waals surface area contributed by atoms with Gasteiger partial charge in [0, 0.05) is 28.9 Å². The second-order valence-electron chi connectivity index (χ2n) is 3.95. The SMILES string of the molecule is Cc1nn(C)c(Cl)c1CSc1cc(F)ccc1N. The lowest BCUT2D eigenvalue weighted by molar-refractivity contribution is 0.624. The number of hydrogen-bond acceptors (Lipinski definition) is 3. The molecule has 0 radical (unpaired) electrons. The third-order valence-electron chi connectivity index (χ3n) is 2.62. The van der Waals surface area contributed by atoms with Crippen LogP contribution in [0.2, 0.25) is 5.15 Å². The van der Waals surface area contributed by atoms with Crippen LogP contribution in [0.15, 0.2) is 23.1 Å². The molecule has 2 aromatic rings. The highest BCUT2D eigenvalue weighted by Crippen LogP contribution is 2.32. The molecule has 0 aliphatic carbocycles. The van der Waals surface area contributed by atoms with Crippen molar-refractivity contribution in [2.45, 2.75) is 17.6 Å². The monoisotopic (exact) mass is 285 g/mol. The number of anilines is 1. The number of hydrogen-bond donors (Lipinski definition) is 1. The van der Waals surface area contributed by atoms with Crippen molar-refractivity contribution in [3.63, 3.8) is 0 Å². The number of thioether (sulfide) groups is 1. The van der Waals surface area contributed by atoms with E-state index in [1.165, 1.54) is 23.9 Å². The lowest BCUT2D eigenvalue weighted by Gasteiger charge is -2.05. The van der Waals surface area contributed by atoms with Gasteiger partial charge in [-0.3, -0.25) is 4.68 Å². The molecule has 3 nitrogen and oxygen atoms in total. The van der Waals surface area contributed by atoms with E-state index in [0.717, 1.165) is 11.3 Å². The summed E-state index contributed by atoms with van der Waals surface area (Å²) in [5.74, 6) is 0.326. The zero-order valence-electron chi connectivity index (χ0n) is 10.1. The quantitative estimate of drug-likeness (QED) is 0.694. The molecule has 0 fully saturated rings. The van der Waals surface area contributed by atoms with E-state index < -0.39 is 0 Å². The molecule has 0 aliphatic rings. The van der Waals surface area contributed by atoms with Crippen molar-refractivity contribution in [3.05, 3.63) is 40.4 Å². The van der Waals surface area contributed by atoms with Crippen molar-refractivity contribution in [1.29, 1.82) is 0 Å². The van der Waals surface area contributed by atoms with Crippen molar-refractivity contribution in [3.8, 4) is 0 Å². The smallest absolute Gasteiger partial charge is 0.131 e. The second kappa shape index (κ2) is 5.20. The van der Waals surface area contributed by atoms with Crippen LogP contribution in [0.4, 0.5) is 10.1 Å². The minimum absolute atomic E-state index is 0.291. The van der Waals surface area contributed by atoms with Gasteiger partial charge in [0.05, 0.1) is 5.69 Å². The normalized spacial score (nSPS) is 10.9. The second-order valence-corrected chi connectivity index (χ2v) is 5.32. The number of nitrogens with two attached hydrogens (primary N) is 1. The highest BCUT2D eigenvalue weighted by atomic mass is 35.5. The van der Waals surface area contributed by atoms with E-state index in [1.54, 1.807) is 17.8 Å². The molecule has 0 spiro atoms. The summed E-state index contributed by atoms with van der Waals surface area (Å²) in [7, 11) is 1.79. The minimum atomic E-state index is -0.291. The van der Waals surface area contributed by atoms with Gasteiger partial charge >= 0.3 is 0 Å². The Kier molecular flexibility index (Phi) is 3.82. The van der Waals surface area contributed by atoms with E-state index in [0.29, 0.717) is 21.5 Å². The zero-order valence-corrected chi connectivity index (χ0v) is 11.6. The number of aromatic nitrogens is 2. The van der Waals surface area contributed by atoms with Crippen LogP contribution in [-0.2, 0) is 12.8 Å². The predicted octanol–water partition coefficient (Wildman–Crippen LogP) is 3.40. The fraction of sp³-hybridized carbons (Fsp3) is 0.250. The third kappa shape index (κ3) is 2.62. The highest BCUT2D eigenvalue weighted by Gasteiger charge is 2.12. The minimum Gasteiger partial charge on any atom is -0.398 e. The van der Waals surface area contributed by atoms with Gasteiger partial charge in [0.1, 0.15) is 11.0 Å². The molecule has 0 aliphatic heterocycles. The standard InChI is InChI=1S/C12H13ClFN3S/c1-7-9(12(13)17(2)16-7)6-18-11-5-8(14)3-4-10(11)15/h3-5H,6,15H2,1-2H3. The average Bonchev–Trinajstić information content (AvgIpc) is 2.55. The summed E-state index contributed by atoms with van der Waals surface area (Å²) >= 11 is 7.59. The van der Waals surface area contributed by atoms with Crippen molar-refractivity contribution in [1.82, 2.24) is 9.78 Å². The molecular formula is C12H13ClFN3S. The first-order valence-corrected chi connectivity index (χ1v) is 6.71. The number of halogens is 2. The van der Waals surface area contributed by atoms with Gasteiger partial charge < -0.3 is 5.73 Å². The van der Waals surface area contributed by atoms with Gasteiger partial charge in [0.25, 0.3) is 0 Å². The van der Waals surface area contributed by atoms with Gasteiger partial charge in [-0.25, -0.2) is 4.39 Å². The summed E-state index contributed by atoms with van der Waals surface area (Å²) in [6.45, 7) is 1.90. The van der Waals surface area contributed by atoms with Crippen LogP contribution >= 0.6 is 23.4 Å². The lowest BCUT2D eigenvalue weighted by atomic mass is 10.3. The van der Waals surface area contributed by atoms with Crippen LogP contribution in [0.3, 0.4) is 0 Å². The van der Waals surface area contributed by atoms with Crippen LogP contribution in [0, 0.1) is 12.7 Å². The molecule has 1 aromatic heterocycles. The molecule has 96 valence electrons. The lowest BCUT2D eigenvalue weighted by Crippen LogP contribution is -1.91. The molecule has 1 aromatic carbocycles. The zero-order chi connectivity index (χ0) is 13.3.